The Labute approximate surface area is 729 Å². The van der Waals surface area contributed by atoms with Gasteiger partial charge in [-0.25, -0.2) is 27.5 Å². The van der Waals surface area contributed by atoms with Crippen molar-refractivity contribution in [3.05, 3.63) is 166 Å². The van der Waals surface area contributed by atoms with Crippen molar-refractivity contribution in [1.29, 1.82) is 5.26 Å². The Bertz CT molecular complexity index is 4130. The van der Waals surface area contributed by atoms with E-state index in [0.29, 0.717) is 72.5 Å². The maximum absolute atomic E-state index is 12.7. The summed E-state index contributed by atoms with van der Waals surface area (Å²) in [6.07, 6.45) is 13.0. The van der Waals surface area contributed by atoms with Gasteiger partial charge in [-0.05, 0) is 143 Å². The molecular weight excluding hydrogens is 1930 g/mol. The Hall–Kier alpha value is -4.63. The van der Waals surface area contributed by atoms with Gasteiger partial charge in [0.2, 0.25) is 0 Å². The Morgan fingerprint density at radius 3 is 1.45 bits per heavy atom. The number of fused-ring (bicyclic) bond motifs is 10. The third-order valence-corrected chi connectivity index (χ3v) is 27.3. The van der Waals surface area contributed by atoms with Crippen LogP contribution in [0.3, 0.4) is 0 Å². The summed E-state index contributed by atoms with van der Waals surface area (Å²) < 4.78 is 59.7. The second-order valence-corrected chi connectivity index (χ2v) is 33.9. The van der Waals surface area contributed by atoms with Gasteiger partial charge in [-0.2, -0.15) is 15.2 Å². The standard InChI is InChI=1S/C26H40N3O4P.C21H25N3O4.C20H23N3O4.C10H17O2.C9H15O2.CH4.2U/c1-5-15-29(16-6-2)34(31-17-11-14-27)33-24-23-20(4)18-26(24,7-3)32-22(23)19-28-25(30)21-12-9-8-10-13-21;1-4-21-12-13(2)16(17(21)27-3)19(28-21)24-11-10-15(23-20(24)26)22-18(25)14-8-6-5-7-9-14;1-3-20-11-12(2)15(16(20)24)18(27-20)23-10-9-14(22-19(23)26)21-17(25)13-7-5-4-6-8-13;1-4-10-5-7(2)8(6-12-10)9(10)11-3;1-3-9-4-6(2)7(5-11-9)8(9)10;;;/h8-10,12-13,20,22-24H,5-7,11,15-19H2,1-4H3,(H,28,30);5-11,13,16-17,19H,4,12H2,1-3H3,(H,22,23,25,26);4-10,12,15-16,18,24H,3,11H2,1-2H3,(H,21,22,25,26);6-9H,4-5H2,1-3H3;5-8,10H,3-4H2,1-2H3;1H4;;/q;;;2*-1;;;/p-1/t20-,22-,23-,24-,26-,34?;13-,16+,17-,19+,21-;12-,15+,16-,18+,20-;7-,8+,9-,10-;6-,7+,8-,9-;;;/m00000.../s1. The SMILES string of the molecule is C.CCCN(CCC)P(OCCC#N)O[C@H]1[C@@H]2[C@H](CN=C([O-])c3ccccc3)O[C@@]1(CC)C[C@@H]2C.CC[C@@]12C[C@H](C)[C@@H]([C@H](n3ccc(NC(=O)c4ccccc4)nc3=O)O1)[C@@H]2O.CC[C@@]12C[C@H](C)[C@@H]([C@H](n3ccc(NC(=O)c4ccccc4)nc3=O)O1)[C@@H]2OC.CC[C@@]12C[C@H](C)[C@@H]([CH-]O1)[C@@H]2O.CC[C@@]12C[C@H](C)[C@@H]([CH-]O1)[C@@H]2OC.[U].[U]. The second-order valence-electron chi connectivity index (χ2n) is 32.4. The van der Waals surface area contributed by atoms with E-state index in [0.717, 1.165) is 89.6 Å². The number of aliphatic imine (C=N–C) groups is 1. The molecule has 10 aliphatic rings. The van der Waals surface area contributed by atoms with E-state index in [1.54, 1.807) is 99.4 Å². The van der Waals surface area contributed by atoms with E-state index >= 15 is 0 Å². The number of aromatic nitrogens is 4. The largest absolute Gasteiger partial charge is 0.858 e. The number of nitrogens with zero attached hydrogens (tertiary/aromatic N) is 7. The van der Waals surface area contributed by atoms with Crippen LogP contribution in [0.2, 0.25) is 0 Å². The molecule has 115 heavy (non-hydrogen) atoms. The maximum atomic E-state index is 12.7. The Morgan fingerprint density at radius 1 is 0.591 bits per heavy atom. The van der Waals surface area contributed by atoms with Crippen LogP contribution in [0.15, 0.2) is 130 Å². The molecule has 628 valence electrons. The third-order valence-electron chi connectivity index (χ3n) is 25.7. The summed E-state index contributed by atoms with van der Waals surface area (Å²) in [7, 11) is 2.20. The first-order chi connectivity index (χ1) is 53.9. The van der Waals surface area contributed by atoms with Gasteiger partial charge in [0.1, 0.15) is 30.2 Å². The first-order valence-electron chi connectivity index (χ1n) is 40.7. The Kier molecular flexibility index (Phi) is 35.2. The molecule has 5 saturated carbocycles. The van der Waals surface area contributed by atoms with E-state index in [4.69, 9.17) is 47.5 Å². The fraction of sp³-hybridized carbons (Fsp3) is 0.632. The van der Waals surface area contributed by atoms with E-state index in [9.17, 15) is 34.5 Å². The Balaban J connectivity index is 0.000000188. The number of ether oxygens (including phenoxy) is 7. The molecule has 4 N–H and O–H groups in total. The number of anilines is 2. The molecule has 5 aliphatic carbocycles. The zero-order chi connectivity index (χ0) is 80.5. The summed E-state index contributed by atoms with van der Waals surface area (Å²) in [6, 6.07) is 32.1. The molecule has 10 bridgehead atoms. The van der Waals surface area contributed by atoms with Crippen LogP contribution < -0.4 is 27.1 Å². The average molecular weight is 2060 g/mol. The first-order valence-corrected chi connectivity index (χ1v) is 41.9. The van der Waals surface area contributed by atoms with Gasteiger partial charge in [-0.15, -0.1) is 11.8 Å². The minimum Gasteiger partial charge on any atom is -0.858 e. The van der Waals surface area contributed by atoms with Crippen molar-refractivity contribution >= 4 is 37.9 Å². The molecule has 5 saturated heterocycles. The normalized spacial score (nSPS) is 34.5. The number of hydrogen-bond acceptors (Lipinski definition) is 21. The van der Waals surface area contributed by atoms with Gasteiger partial charge >= 0.3 is 11.4 Å². The van der Waals surface area contributed by atoms with Crippen LogP contribution in [-0.2, 0) is 42.2 Å². The number of aliphatic hydroxyl groups is 2. The number of hydrogen-bond donors (Lipinski definition) is 4. The summed E-state index contributed by atoms with van der Waals surface area (Å²) in [5, 5.41) is 47.3. The quantitative estimate of drug-likeness (QED) is 0.0131. The van der Waals surface area contributed by atoms with Gasteiger partial charge < -0.3 is 68.2 Å². The van der Waals surface area contributed by atoms with Crippen molar-refractivity contribution in [3.8, 4) is 6.07 Å². The molecule has 2 aromatic heterocycles. The van der Waals surface area contributed by atoms with Crippen molar-refractivity contribution in [2.45, 2.75) is 251 Å². The van der Waals surface area contributed by atoms with Crippen molar-refractivity contribution in [1.82, 2.24) is 23.8 Å². The van der Waals surface area contributed by atoms with Crippen LogP contribution in [0.25, 0.3) is 0 Å². The number of carbonyl (C=O) groups excluding carboxylic acids is 2. The van der Waals surface area contributed by atoms with E-state index < -0.39 is 44.1 Å². The molecule has 10 fully saturated rings. The van der Waals surface area contributed by atoms with E-state index in [1.165, 1.54) is 9.13 Å². The van der Waals surface area contributed by atoms with Crippen LogP contribution in [0.1, 0.15) is 213 Å². The van der Waals surface area contributed by atoms with E-state index in [2.05, 4.69) is 112 Å². The van der Waals surface area contributed by atoms with Gasteiger partial charge in [0.05, 0.1) is 84.2 Å². The molecule has 0 spiro atoms. The zero-order valence-electron chi connectivity index (χ0n) is 68.7. The average Bonchev–Trinajstić information content (AvgIpc) is 1.57. The fourth-order valence-electron chi connectivity index (χ4n) is 19.8. The number of aliphatic hydroxyl groups excluding tert-OH is 2. The predicted octanol–water partition coefficient (Wildman–Crippen LogP) is 13.7. The molecule has 3 aromatic carbocycles. The van der Waals surface area contributed by atoms with Crippen LogP contribution >= 0.6 is 8.53 Å². The van der Waals surface area contributed by atoms with Gasteiger partial charge in [0.15, 0.2) is 0 Å². The first kappa shape index (κ1) is 95.8. The number of amides is 2. The van der Waals surface area contributed by atoms with Crippen molar-refractivity contribution in [2.24, 2.45) is 64.2 Å². The summed E-state index contributed by atoms with van der Waals surface area (Å²) >= 11 is 0. The topological polar surface area (TPSA) is 314 Å². The van der Waals surface area contributed by atoms with Crippen LogP contribution in [-0.4, -0.2) is 157 Å². The number of nitrogens with one attached hydrogen (secondary N) is 2. The van der Waals surface area contributed by atoms with Crippen molar-refractivity contribution in [2.75, 3.05) is 51.1 Å². The van der Waals surface area contributed by atoms with E-state index in [1.807, 2.05) is 50.5 Å². The smallest absolute Gasteiger partial charge is 0.351 e. The summed E-state index contributed by atoms with van der Waals surface area (Å²) in [6.45, 7) is 32.1. The molecule has 25 nitrogen and oxygen atoms in total. The summed E-state index contributed by atoms with van der Waals surface area (Å²) in [4.78, 5) is 62.2. The molecule has 5 aliphatic heterocycles. The van der Waals surface area contributed by atoms with Gasteiger partial charge in [-0.1, -0.05) is 169 Å². The molecule has 0 radical (unpaired) electrons. The Morgan fingerprint density at radius 2 is 1.03 bits per heavy atom. The summed E-state index contributed by atoms with van der Waals surface area (Å²) in [5.41, 5.74) is -0.904. The van der Waals surface area contributed by atoms with Gasteiger partial charge in [0.25, 0.3) is 20.3 Å². The molecule has 28 heteroatoms. The molecule has 5 aromatic rings. The maximum Gasteiger partial charge on any atom is 0.351 e. The second kappa shape index (κ2) is 42.2. The van der Waals surface area contributed by atoms with Crippen LogP contribution in [0.5, 0.6) is 0 Å². The molecule has 1 unspecified atom stereocenters. The monoisotopic (exact) mass is 2060 g/mol. The molecule has 24 atom stereocenters. The van der Waals surface area contributed by atoms with Gasteiger partial charge in [0, 0.05) is 131 Å². The minimum absolute atomic E-state index is 0. The zero-order valence-corrected chi connectivity index (χ0v) is 77.9. The molecule has 2 amide bonds. The van der Waals surface area contributed by atoms with Crippen molar-refractivity contribution in [3.63, 3.8) is 0 Å². The minimum atomic E-state index is -1.30. The molecular formula is C87H123N9O16PU2-3. The van der Waals surface area contributed by atoms with E-state index in [-0.39, 0.29) is 175 Å². The molecule has 7 heterocycles. The number of carbonyl (C=O) groups is 2. The summed E-state index contributed by atoms with van der Waals surface area (Å²) in [5.74, 6) is 2.85. The van der Waals surface area contributed by atoms with Crippen LogP contribution in [0.4, 0.5) is 11.6 Å². The number of methoxy groups -OCH3 is 2. The van der Waals surface area contributed by atoms with Gasteiger partial charge in [-0.3, -0.25) is 23.7 Å². The number of nitriles is 1. The number of rotatable bonds is 26. The third kappa shape index (κ3) is 20.1. The van der Waals surface area contributed by atoms with Crippen LogP contribution in [0, 0.1) is 146 Å². The van der Waals surface area contributed by atoms with Crippen molar-refractivity contribution < 1.29 is 129 Å². The molecule has 15 rings (SSSR count). The predicted molar refractivity (Wildman–Crippen MR) is 431 cm³/mol. The fourth-order valence-corrected chi connectivity index (χ4v) is 21.7. The number of benzene rings is 3.